The highest BCUT2D eigenvalue weighted by molar-refractivity contribution is 7.89. The zero-order chi connectivity index (χ0) is 11.9. The Morgan fingerprint density at radius 3 is 2.88 bits per heavy atom. The largest absolute Gasteiger partial charge is 0.386 e. The second-order valence-electron chi connectivity index (χ2n) is 3.52. The predicted molar refractivity (Wildman–Crippen MR) is 62.2 cm³/mol. The van der Waals surface area contributed by atoms with Crippen molar-refractivity contribution in [1.29, 1.82) is 0 Å². The van der Waals surface area contributed by atoms with Crippen LogP contribution in [0.5, 0.6) is 0 Å². The number of rotatable bonds is 1. The Morgan fingerprint density at radius 1 is 1.56 bits per heavy atom. The molecule has 0 spiro atoms. The third-order valence-electron chi connectivity index (χ3n) is 2.41. The average Bonchev–Trinajstić information content (AvgIpc) is 2.14. The minimum absolute atomic E-state index is 0.0189. The summed E-state index contributed by atoms with van der Waals surface area (Å²) >= 11 is 0. The fourth-order valence-corrected chi connectivity index (χ4v) is 3.66. The highest BCUT2D eigenvalue weighted by Gasteiger charge is 2.37. The summed E-state index contributed by atoms with van der Waals surface area (Å²) in [4.78, 5) is 0.580. The minimum Gasteiger partial charge on any atom is -0.386 e. The second-order valence-corrected chi connectivity index (χ2v) is 6.27. The van der Waals surface area contributed by atoms with Crippen molar-refractivity contribution in [3.63, 3.8) is 0 Å². The maximum atomic E-state index is 11.5. The van der Waals surface area contributed by atoms with Gasteiger partial charge in [-0.1, -0.05) is 12.2 Å². The van der Waals surface area contributed by atoms with E-state index < -0.39 is 33.0 Å². The van der Waals surface area contributed by atoms with Crippen molar-refractivity contribution < 1.29 is 12.6 Å². The smallest absolute Gasteiger partial charge is 0.322 e. The molecule has 6 nitrogen and oxygen atoms in total. The molecule has 3 atom stereocenters. The van der Waals surface area contributed by atoms with Crippen LogP contribution >= 0.6 is 0 Å². The van der Waals surface area contributed by atoms with E-state index in [2.05, 4.69) is 9.12 Å². The fourth-order valence-electron chi connectivity index (χ4n) is 1.77. The first kappa shape index (κ1) is 11.5. The van der Waals surface area contributed by atoms with Gasteiger partial charge in [0, 0.05) is 22.0 Å². The lowest BCUT2D eigenvalue weighted by Gasteiger charge is -2.30. The summed E-state index contributed by atoms with van der Waals surface area (Å²) in [5.41, 5.74) is 5.61. The topological polar surface area (TPSA) is 102 Å². The molecule has 16 heavy (non-hydrogen) atoms. The van der Waals surface area contributed by atoms with Crippen molar-refractivity contribution >= 4 is 26.8 Å². The molecule has 0 aromatic carbocycles. The lowest BCUT2D eigenvalue weighted by atomic mass is 9.94. The van der Waals surface area contributed by atoms with Gasteiger partial charge in [0.1, 0.15) is 5.84 Å². The number of hydrogen-bond acceptors (Lipinski definition) is 4. The third-order valence-corrected chi connectivity index (χ3v) is 4.48. The Balaban J connectivity index is 2.50. The maximum absolute atomic E-state index is 11.5. The molecular formula is C8H11N3O3S2. The SMILES string of the molecule is CS(=O)C1=CC=CC2NS(=O)(=O)N=C(N)C12. The molecule has 8 heteroatoms. The summed E-state index contributed by atoms with van der Waals surface area (Å²) in [7, 11) is -4.92. The summed E-state index contributed by atoms with van der Waals surface area (Å²) in [5, 5.41) is 0. The monoisotopic (exact) mass is 261 g/mol. The summed E-state index contributed by atoms with van der Waals surface area (Å²) in [5.74, 6) is -0.464. The van der Waals surface area contributed by atoms with E-state index in [1.54, 1.807) is 18.2 Å². The summed E-state index contributed by atoms with van der Waals surface area (Å²) in [6.45, 7) is 0. The Bertz CT molecular complexity index is 533. The molecule has 0 saturated carbocycles. The highest BCUT2D eigenvalue weighted by atomic mass is 32.2. The molecule has 1 heterocycles. The maximum Gasteiger partial charge on any atom is 0.322 e. The van der Waals surface area contributed by atoms with Crippen LogP contribution in [0.15, 0.2) is 27.5 Å². The standard InChI is InChI=1S/C8H11N3O3S2/c1-15(12)6-4-2-3-5-7(6)8(9)11-16(13,14)10-5/h2-5,7,10H,1H3,(H2,9,11). The van der Waals surface area contributed by atoms with E-state index in [9.17, 15) is 12.6 Å². The van der Waals surface area contributed by atoms with Gasteiger partial charge in [-0.2, -0.15) is 13.1 Å². The normalized spacial score (nSPS) is 33.6. The fraction of sp³-hybridized carbons (Fsp3) is 0.375. The van der Waals surface area contributed by atoms with Gasteiger partial charge in [-0.3, -0.25) is 4.21 Å². The van der Waals surface area contributed by atoms with Gasteiger partial charge in [0.25, 0.3) is 0 Å². The van der Waals surface area contributed by atoms with E-state index in [4.69, 9.17) is 5.73 Å². The van der Waals surface area contributed by atoms with E-state index >= 15 is 0 Å². The van der Waals surface area contributed by atoms with Crippen LogP contribution < -0.4 is 10.5 Å². The Kier molecular flexibility index (Phi) is 2.72. The van der Waals surface area contributed by atoms with Gasteiger partial charge in [-0.25, -0.2) is 0 Å². The first-order valence-electron chi connectivity index (χ1n) is 4.50. The van der Waals surface area contributed by atoms with Crippen LogP contribution in [0, 0.1) is 5.92 Å². The van der Waals surface area contributed by atoms with Gasteiger partial charge in [0.05, 0.1) is 12.0 Å². The molecule has 0 amide bonds. The van der Waals surface area contributed by atoms with Gasteiger partial charge in [-0.05, 0) is 6.08 Å². The number of fused-ring (bicyclic) bond motifs is 1. The Hall–Kier alpha value is -0.990. The number of nitrogens with zero attached hydrogens (tertiary/aromatic N) is 1. The molecule has 3 unspecified atom stereocenters. The van der Waals surface area contributed by atoms with Crippen LogP contribution in [0.3, 0.4) is 0 Å². The summed E-state index contributed by atoms with van der Waals surface area (Å²) in [6, 6.07) is -0.494. The minimum atomic E-state index is -3.72. The molecule has 3 N–H and O–H groups in total. The molecule has 0 bridgehead atoms. The quantitative estimate of drug-likeness (QED) is 0.632. The Labute approximate surface area is 96.0 Å². The van der Waals surface area contributed by atoms with E-state index in [1.807, 2.05) is 0 Å². The number of amidine groups is 1. The summed E-state index contributed by atoms with van der Waals surface area (Å²) in [6.07, 6.45) is 6.54. The molecule has 1 aliphatic carbocycles. The van der Waals surface area contributed by atoms with Crippen LogP contribution in [0.1, 0.15) is 0 Å². The lowest BCUT2D eigenvalue weighted by molar-refractivity contribution is 0.547. The van der Waals surface area contributed by atoms with Gasteiger partial charge >= 0.3 is 10.2 Å². The molecule has 1 aliphatic heterocycles. The van der Waals surface area contributed by atoms with Crippen molar-refractivity contribution in [1.82, 2.24) is 4.72 Å². The second kappa shape index (κ2) is 3.79. The molecule has 0 aromatic heterocycles. The molecule has 88 valence electrons. The van der Waals surface area contributed by atoms with Gasteiger partial charge in [-0.15, -0.1) is 4.40 Å². The van der Waals surface area contributed by atoms with Crippen LogP contribution in [0.4, 0.5) is 0 Å². The van der Waals surface area contributed by atoms with Crippen molar-refractivity contribution in [2.45, 2.75) is 6.04 Å². The molecule has 2 rings (SSSR count). The van der Waals surface area contributed by atoms with Crippen molar-refractivity contribution in [3.05, 3.63) is 23.1 Å². The number of hydrogen-bond donors (Lipinski definition) is 2. The zero-order valence-electron chi connectivity index (χ0n) is 8.45. The van der Waals surface area contributed by atoms with Crippen molar-refractivity contribution in [3.8, 4) is 0 Å². The highest BCUT2D eigenvalue weighted by Crippen LogP contribution is 2.27. The molecule has 0 saturated heterocycles. The van der Waals surface area contributed by atoms with E-state index in [1.165, 1.54) is 6.26 Å². The zero-order valence-corrected chi connectivity index (χ0v) is 10.1. The van der Waals surface area contributed by atoms with Crippen LogP contribution in [0.2, 0.25) is 0 Å². The van der Waals surface area contributed by atoms with Gasteiger partial charge < -0.3 is 5.73 Å². The van der Waals surface area contributed by atoms with E-state index in [0.29, 0.717) is 4.91 Å². The van der Waals surface area contributed by atoms with Crippen LogP contribution in [-0.4, -0.2) is 30.8 Å². The number of nitrogens with two attached hydrogens (primary N) is 1. The molecule has 2 aliphatic rings. The molecular weight excluding hydrogens is 250 g/mol. The Morgan fingerprint density at radius 2 is 2.25 bits per heavy atom. The number of nitrogens with one attached hydrogen (secondary N) is 1. The first-order chi connectivity index (χ1) is 7.41. The third kappa shape index (κ3) is 1.95. The lowest BCUT2D eigenvalue weighted by Crippen LogP contribution is -2.50. The van der Waals surface area contributed by atoms with Crippen LogP contribution in [0.25, 0.3) is 0 Å². The first-order valence-corrected chi connectivity index (χ1v) is 7.50. The molecule has 0 aromatic rings. The average molecular weight is 261 g/mol. The number of allylic oxidation sites excluding steroid dienone is 2. The van der Waals surface area contributed by atoms with Crippen molar-refractivity contribution in [2.75, 3.05) is 6.26 Å². The molecule has 0 radical (unpaired) electrons. The molecule has 0 fully saturated rings. The van der Waals surface area contributed by atoms with Gasteiger partial charge in [0.15, 0.2) is 0 Å². The van der Waals surface area contributed by atoms with Crippen LogP contribution in [-0.2, 0) is 21.0 Å². The summed E-state index contributed by atoms with van der Waals surface area (Å²) < 4.78 is 39.8. The predicted octanol–water partition coefficient (Wildman–Crippen LogP) is -0.991. The van der Waals surface area contributed by atoms with E-state index in [-0.39, 0.29) is 5.84 Å². The van der Waals surface area contributed by atoms with Gasteiger partial charge in [0.2, 0.25) is 0 Å². The van der Waals surface area contributed by atoms with Crippen molar-refractivity contribution in [2.24, 2.45) is 16.0 Å². The van der Waals surface area contributed by atoms with E-state index in [0.717, 1.165) is 0 Å².